The highest BCUT2D eigenvalue weighted by atomic mass is 16.3. The quantitative estimate of drug-likeness (QED) is 0.786. The lowest BCUT2D eigenvalue weighted by Crippen LogP contribution is -2.43. The van der Waals surface area contributed by atoms with Gasteiger partial charge in [0, 0.05) is 32.2 Å². The number of piperidine rings is 1. The van der Waals surface area contributed by atoms with Crippen LogP contribution in [0.5, 0.6) is 0 Å². The summed E-state index contributed by atoms with van der Waals surface area (Å²) in [6, 6.07) is 0.0539. The summed E-state index contributed by atoms with van der Waals surface area (Å²) < 4.78 is 0. The number of carbonyl (C=O) groups excluding carboxylic acids is 1. The fourth-order valence-electron chi connectivity index (χ4n) is 3.36. The van der Waals surface area contributed by atoms with E-state index >= 15 is 0 Å². The summed E-state index contributed by atoms with van der Waals surface area (Å²) in [6.07, 6.45) is 4.59. The maximum atomic E-state index is 12.1. The van der Waals surface area contributed by atoms with E-state index in [0.717, 1.165) is 25.4 Å². The summed E-state index contributed by atoms with van der Waals surface area (Å²) in [6.45, 7) is 10.6. The number of aliphatic hydroxyl groups excluding tert-OH is 1. The van der Waals surface area contributed by atoms with Crippen molar-refractivity contribution in [2.75, 3.05) is 45.9 Å². The van der Waals surface area contributed by atoms with Crippen molar-refractivity contribution in [3.05, 3.63) is 0 Å². The second-order valence-corrected chi connectivity index (χ2v) is 7.44. The maximum absolute atomic E-state index is 12.1. The van der Waals surface area contributed by atoms with E-state index in [1.165, 1.54) is 38.9 Å². The molecule has 0 aromatic rings. The molecule has 5 heteroatoms. The largest absolute Gasteiger partial charge is 0.396 e. The third kappa shape index (κ3) is 5.43. The van der Waals surface area contributed by atoms with Crippen molar-refractivity contribution in [3.8, 4) is 0 Å². The fourth-order valence-corrected chi connectivity index (χ4v) is 3.36. The Morgan fingerprint density at radius 2 is 1.86 bits per heavy atom. The molecule has 2 rings (SSSR count). The van der Waals surface area contributed by atoms with Crippen molar-refractivity contribution in [1.82, 2.24) is 15.1 Å². The fraction of sp³-hybridized carbons (Fsp3) is 0.941. The smallest absolute Gasteiger partial charge is 0.317 e. The van der Waals surface area contributed by atoms with Crippen LogP contribution in [0.15, 0.2) is 0 Å². The second-order valence-electron chi connectivity index (χ2n) is 7.44. The summed E-state index contributed by atoms with van der Waals surface area (Å²) >= 11 is 0. The van der Waals surface area contributed by atoms with Crippen LogP contribution in [0.3, 0.4) is 0 Å². The van der Waals surface area contributed by atoms with Crippen molar-refractivity contribution < 1.29 is 9.90 Å². The zero-order chi connectivity index (χ0) is 15.9. The second kappa shape index (κ2) is 8.73. The van der Waals surface area contributed by atoms with Gasteiger partial charge in [0.15, 0.2) is 0 Å². The lowest BCUT2D eigenvalue weighted by molar-refractivity contribution is 0.169. The summed E-state index contributed by atoms with van der Waals surface area (Å²) in [5.41, 5.74) is 0. The average molecular weight is 311 g/mol. The van der Waals surface area contributed by atoms with Crippen LogP contribution in [0, 0.1) is 17.8 Å². The van der Waals surface area contributed by atoms with Crippen molar-refractivity contribution in [1.29, 1.82) is 0 Å². The van der Waals surface area contributed by atoms with Gasteiger partial charge in [-0.2, -0.15) is 0 Å². The Labute approximate surface area is 135 Å². The molecule has 0 radical (unpaired) electrons. The van der Waals surface area contributed by atoms with E-state index in [0.29, 0.717) is 12.5 Å². The van der Waals surface area contributed by atoms with E-state index in [9.17, 15) is 4.79 Å². The first-order valence-corrected chi connectivity index (χ1v) is 8.94. The van der Waals surface area contributed by atoms with Crippen LogP contribution in [-0.4, -0.2) is 66.8 Å². The Hall–Kier alpha value is -0.810. The number of nitrogens with zero attached hydrogens (tertiary/aromatic N) is 2. The highest BCUT2D eigenvalue weighted by Gasteiger charge is 2.26. The molecule has 5 nitrogen and oxygen atoms in total. The van der Waals surface area contributed by atoms with Crippen LogP contribution in [0.4, 0.5) is 4.79 Å². The Morgan fingerprint density at radius 3 is 2.45 bits per heavy atom. The van der Waals surface area contributed by atoms with Crippen LogP contribution < -0.4 is 5.32 Å². The number of likely N-dealkylation sites (tertiary alicyclic amines) is 2. The van der Waals surface area contributed by atoms with E-state index in [1.807, 2.05) is 4.90 Å². The maximum Gasteiger partial charge on any atom is 0.317 e. The zero-order valence-corrected chi connectivity index (χ0v) is 14.3. The molecule has 2 saturated heterocycles. The van der Waals surface area contributed by atoms with Gasteiger partial charge in [-0.1, -0.05) is 13.8 Å². The molecule has 2 heterocycles. The Kier molecular flexibility index (Phi) is 6.96. The standard InChI is InChI=1S/C17H33N3O2/c1-14(2)3-7-19-8-4-15(5-9-19)11-18-17(22)20-10-6-16(12-20)13-21/h14-16,21H,3-13H2,1-2H3,(H,18,22). The number of hydrogen-bond acceptors (Lipinski definition) is 3. The Bertz CT molecular complexity index is 341. The van der Waals surface area contributed by atoms with E-state index in [4.69, 9.17) is 5.11 Å². The van der Waals surface area contributed by atoms with E-state index in [-0.39, 0.29) is 18.6 Å². The van der Waals surface area contributed by atoms with Gasteiger partial charge in [-0.3, -0.25) is 0 Å². The SMILES string of the molecule is CC(C)CCN1CCC(CNC(=O)N2CCC(CO)C2)CC1. The number of carbonyl (C=O) groups is 1. The number of urea groups is 1. The summed E-state index contributed by atoms with van der Waals surface area (Å²) in [4.78, 5) is 16.5. The van der Waals surface area contributed by atoms with Gasteiger partial charge in [-0.25, -0.2) is 4.79 Å². The van der Waals surface area contributed by atoms with Gasteiger partial charge in [0.05, 0.1) is 0 Å². The number of rotatable bonds is 6. The molecule has 2 aliphatic rings. The third-order valence-electron chi connectivity index (χ3n) is 5.10. The molecule has 0 saturated carbocycles. The first kappa shape index (κ1) is 17.5. The van der Waals surface area contributed by atoms with Gasteiger partial charge in [0.2, 0.25) is 0 Å². The number of aliphatic hydroxyl groups is 1. The van der Waals surface area contributed by atoms with Crippen LogP contribution in [-0.2, 0) is 0 Å². The highest BCUT2D eigenvalue weighted by molar-refractivity contribution is 5.74. The van der Waals surface area contributed by atoms with Crippen molar-refractivity contribution >= 4 is 6.03 Å². The first-order valence-electron chi connectivity index (χ1n) is 8.94. The molecular formula is C17H33N3O2. The van der Waals surface area contributed by atoms with Crippen LogP contribution in [0.1, 0.15) is 39.5 Å². The van der Waals surface area contributed by atoms with Gasteiger partial charge < -0.3 is 20.2 Å². The van der Waals surface area contributed by atoms with Crippen molar-refractivity contribution in [2.45, 2.75) is 39.5 Å². The average Bonchev–Trinajstić information content (AvgIpc) is 3.00. The third-order valence-corrected chi connectivity index (χ3v) is 5.10. The summed E-state index contributed by atoms with van der Waals surface area (Å²) in [5, 5.41) is 12.2. The summed E-state index contributed by atoms with van der Waals surface area (Å²) in [7, 11) is 0. The minimum atomic E-state index is 0.0539. The van der Waals surface area contributed by atoms with Gasteiger partial charge in [-0.05, 0) is 57.2 Å². The van der Waals surface area contributed by atoms with Crippen LogP contribution in [0.2, 0.25) is 0 Å². The molecule has 128 valence electrons. The molecule has 1 unspecified atom stereocenters. The lowest BCUT2D eigenvalue weighted by Gasteiger charge is -2.32. The first-order chi connectivity index (χ1) is 10.6. The highest BCUT2D eigenvalue weighted by Crippen LogP contribution is 2.18. The van der Waals surface area contributed by atoms with Crippen molar-refractivity contribution in [3.63, 3.8) is 0 Å². The Balaban J connectivity index is 1.59. The molecule has 0 aromatic carbocycles. The number of amides is 2. The minimum Gasteiger partial charge on any atom is -0.396 e. The summed E-state index contributed by atoms with van der Waals surface area (Å²) in [5.74, 6) is 1.67. The molecule has 2 amide bonds. The van der Waals surface area contributed by atoms with Gasteiger partial charge in [0.25, 0.3) is 0 Å². The van der Waals surface area contributed by atoms with Gasteiger partial charge in [0.1, 0.15) is 0 Å². The van der Waals surface area contributed by atoms with E-state index in [1.54, 1.807) is 0 Å². The topological polar surface area (TPSA) is 55.8 Å². The number of nitrogens with one attached hydrogen (secondary N) is 1. The van der Waals surface area contributed by atoms with Gasteiger partial charge in [-0.15, -0.1) is 0 Å². The van der Waals surface area contributed by atoms with Crippen molar-refractivity contribution in [2.24, 2.45) is 17.8 Å². The molecule has 2 N–H and O–H groups in total. The normalized spacial score (nSPS) is 24.2. The van der Waals surface area contributed by atoms with Crippen LogP contribution >= 0.6 is 0 Å². The monoisotopic (exact) mass is 311 g/mol. The van der Waals surface area contributed by atoms with E-state index < -0.39 is 0 Å². The van der Waals surface area contributed by atoms with Gasteiger partial charge >= 0.3 is 6.03 Å². The molecule has 0 spiro atoms. The lowest BCUT2D eigenvalue weighted by atomic mass is 9.96. The Morgan fingerprint density at radius 1 is 1.18 bits per heavy atom. The molecule has 22 heavy (non-hydrogen) atoms. The molecule has 0 aliphatic carbocycles. The molecule has 1 atom stereocenters. The number of hydrogen-bond donors (Lipinski definition) is 2. The molecule has 0 bridgehead atoms. The minimum absolute atomic E-state index is 0.0539. The molecule has 2 aliphatic heterocycles. The zero-order valence-electron chi connectivity index (χ0n) is 14.3. The predicted octanol–water partition coefficient (Wildman–Crippen LogP) is 1.77. The predicted molar refractivity (Wildman–Crippen MR) is 88.8 cm³/mol. The molecule has 0 aromatic heterocycles. The van der Waals surface area contributed by atoms with Crippen LogP contribution in [0.25, 0.3) is 0 Å². The van der Waals surface area contributed by atoms with E-state index in [2.05, 4.69) is 24.1 Å². The molecular weight excluding hydrogens is 278 g/mol. The molecule has 2 fully saturated rings.